The number of benzene rings is 1. The zero-order valence-corrected chi connectivity index (χ0v) is 18.5. The van der Waals surface area contributed by atoms with E-state index >= 15 is 0 Å². The SMILES string of the molecule is CC(C)(C)OC(=O)N1CCC(CN2CC3(C2)CN(c2ccc([N+](=O)[O-])cc2F)C3)CC1. The average Bonchev–Trinajstić information content (AvgIpc) is 2.62. The molecular weight excluding hydrogens is 403 g/mol. The summed E-state index contributed by atoms with van der Waals surface area (Å²) in [6, 6.07) is 3.87. The van der Waals surface area contributed by atoms with Crippen LogP contribution in [0.4, 0.5) is 20.6 Å². The molecule has 0 radical (unpaired) electrons. The van der Waals surface area contributed by atoms with Crippen molar-refractivity contribution in [3.63, 3.8) is 0 Å². The van der Waals surface area contributed by atoms with Gasteiger partial charge in [0.05, 0.1) is 16.7 Å². The van der Waals surface area contributed by atoms with Crippen molar-refractivity contribution in [1.29, 1.82) is 0 Å². The largest absolute Gasteiger partial charge is 0.444 e. The standard InChI is InChI=1S/C22H31FN4O4/c1-21(2,3)31-20(28)25-8-6-16(7-9-25)11-24-12-22(13-24)14-26(15-22)19-5-4-17(27(29)30)10-18(19)23/h4-5,10,16H,6-9,11-15H2,1-3H3. The molecule has 3 saturated heterocycles. The zero-order valence-electron chi connectivity index (χ0n) is 18.5. The second kappa shape index (κ2) is 7.93. The van der Waals surface area contributed by atoms with Gasteiger partial charge in [0.25, 0.3) is 5.69 Å². The number of carbonyl (C=O) groups excluding carboxylic acids is 1. The van der Waals surface area contributed by atoms with Crippen LogP contribution in [0.5, 0.6) is 0 Å². The Morgan fingerprint density at radius 1 is 1.23 bits per heavy atom. The Labute approximate surface area is 182 Å². The van der Waals surface area contributed by atoms with E-state index in [1.165, 1.54) is 12.1 Å². The van der Waals surface area contributed by atoms with Crippen molar-refractivity contribution in [1.82, 2.24) is 9.80 Å². The van der Waals surface area contributed by atoms with Gasteiger partial charge in [0, 0.05) is 57.3 Å². The van der Waals surface area contributed by atoms with Crippen LogP contribution in [0.15, 0.2) is 18.2 Å². The van der Waals surface area contributed by atoms with E-state index in [1.54, 1.807) is 0 Å². The van der Waals surface area contributed by atoms with E-state index in [9.17, 15) is 19.3 Å². The third-order valence-corrected chi connectivity index (χ3v) is 6.44. The number of non-ortho nitro benzene ring substituents is 1. The number of halogens is 1. The Morgan fingerprint density at radius 2 is 1.87 bits per heavy atom. The van der Waals surface area contributed by atoms with Gasteiger partial charge in [0.2, 0.25) is 0 Å². The Kier molecular flexibility index (Phi) is 5.57. The number of ether oxygens (including phenoxy) is 1. The summed E-state index contributed by atoms with van der Waals surface area (Å²) >= 11 is 0. The molecule has 1 aromatic rings. The smallest absolute Gasteiger partial charge is 0.410 e. The molecule has 0 unspecified atom stereocenters. The molecule has 3 fully saturated rings. The van der Waals surface area contributed by atoms with E-state index in [1.807, 2.05) is 30.6 Å². The van der Waals surface area contributed by atoms with Crippen LogP contribution in [0, 0.1) is 27.3 Å². The Bertz CT molecular complexity index is 850. The second-order valence-corrected chi connectivity index (χ2v) is 10.3. The lowest BCUT2D eigenvalue weighted by molar-refractivity contribution is -0.385. The first-order chi connectivity index (χ1) is 14.5. The molecule has 4 rings (SSSR count). The highest BCUT2D eigenvalue weighted by Crippen LogP contribution is 2.43. The number of hydrogen-bond acceptors (Lipinski definition) is 6. The van der Waals surface area contributed by atoms with Crippen LogP contribution in [0.25, 0.3) is 0 Å². The van der Waals surface area contributed by atoms with Gasteiger partial charge in [-0.1, -0.05) is 0 Å². The molecular formula is C22H31FN4O4. The average molecular weight is 435 g/mol. The number of nitrogens with zero attached hydrogens (tertiary/aromatic N) is 4. The maximum Gasteiger partial charge on any atom is 0.410 e. The summed E-state index contributed by atoms with van der Waals surface area (Å²) in [5.74, 6) is 0.0521. The maximum absolute atomic E-state index is 14.2. The topological polar surface area (TPSA) is 79.2 Å². The van der Waals surface area contributed by atoms with Crippen molar-refractivity contribution in [2.24, 2.45) is 11.3 Å². The number of nitro groups is 1. The first-order valence-corrected chi connectivity index (χ1v) is 10.9. The van der Waals surface area contributed by atoms with Crippen LogP contribution in [0.3, 0.4) is 0 Å². The fourth-order valence-corrected chi connectivity index (χ4v) is 5.02. The number of nitro benzene ring substituents is 1. The molecule has 170 valence electrons. The summed E-state index contributed by atoms with van der Waals surface area (Å²) in [6.45, 7) is 11.8. The molecule has 3 aliphatic rings. The molecule has 1 amide bonds. The highest BCUT2D eigenvalue weighted by atomic mass is 19.1. The lowest BCUT2D eigenvalue weighted by Crippen LogP contribution is -2.72. The van der Waals surface area contributed by atoms with Crippen LogP contribution in [-0.4, -0.2) is 72.2 Å². The first-order valence-electron chi connectivity index (χ1n) is 10.9. The number of piperidine rings is 1. The van der Waals surface area contributed by atoms with Crippen LogP contribution < -0.4 is 4.90 Å². The van der Waals surface area contributed by atoms with E-state index < -0.39 is 16.3 Å². The molecule has 0 atom stereocenters. The van der Waals surface area contributed by atoms with Gasteiger partial charge >= 0.3 is 6.09 Å². The zero-order chi connectivity index (χ0) is 22.4. The Balaban J connectivity index is 1.19. The third-order valence-electron chi connectivity index (χ3n) is 6.44. The monoisotopic (exact) mass is 434 g/mol. The van der Waals surface area contributed by atoms with Crippen LogP contribution >= 0.6 is 0 Å². The molecule has 0 saturated carbocycles. The lowest BCUT2D eigenvalue weighted by Gasteiger charge is -2.61. The molecule has 9 heteroatoms. The van der Waals surface area contributed by atoms with Gasteiger partial charge in [0.15, 0.2) is 5.82 Å². The van der Waals surface area contributed by atoms with E-state index in [0.717, 1.165) is 64.7 Å². The number of anilines is 1. The minimum absolute atomic E-state index is 0.214. The highest BCUT2D eigenvalue weighted by molar-refractivity contribution is 5.68. The van der Waals surface area contributed by atoms with E-state index in [2.05, 4.69) is 4.90 Å². The van der Waals surface area contributed by atoms with Gasteiger partial charge in [-0.2, -0.15) is 0 Å². The summed E-state index contributed by atoms with van der Waals surface area (Å²) in [7, 11) is 0. The summed E-state index contributed by atoms with van der Waals surface area (Å²) in [6.07, 6.45) is 1.76. The summed E-state index contributed by atoms with van der Waals surface area (Å²) in [4.78, 5) is 28.6. The van der Waals surface area contributed by atoms with E-state index in [4.69, 9.17) is 4.74 Å². The molecule has 0 aliphatic carbocycles. The van der Waals surface area contributed by atoms with Crippen molar-refractivity contribution in [2.75, 3.05) is 50.7 Å². The fraction of sp³-hybridized carbons (Fsp3) is 0.682. The summed E-state index contributed by atoms with van der Waals surface area (Å²) in [5.41, 5.74) is -0.0208. The van der Waals surface area contributed by atoms with Crippen molar-refractivity contribution < 1.29 is 18.8 Å². The molecule has 1 spiro atoms. The maximum atomic E-state index is 14.2. The Morgan fingerprint density at radius 3 is 2.42 bits per heavy atom. The van der Waals surface area contributed by atoms with Crippen molar-refractivity contribution >= 4 is 17.5 Å². The fourth-order valence-electron chi connectivity index (χ4n) is 5.02. The number of amides is 1. The summed E-state index contributed by atoms with van der Waals surface area (Å²) in [5, 5.41) is 10.8. The van der Waals surface area contributed by atoms with Crippen molar-refractivity contribution in [2.45, 2.75) is 39.2 Å². The van der Waals surface area contributed by atoms with E-state index in [0.29, 0.717) is 11.6 Å². The minimum atomic E-state index is -0.577. The van der Waals surface area contributed by atoms with Crippen LogP contribution in [0.2, 0.25) is 0 Å². The highest BCUT2D eigenvalue weighted by Gasteiger charge is 2.52. The predicted octanol–water partition coefficient (Wildman–Crippen LogP) is 3.50. The van der Waals surface area contributed by atoms with Crippen molar-refractivity contribution in [3.05, 3.63) is 34.1 Å². The molecule has 1 aromatic carbocycles. The molecule has 0 aromatic heterocycles. The predicted molar refractivity (Wildman–Crippen MR) is 115 cm³/mol. The van der Waals surface area contributed by atoms with Gasteiger partial charge in [-0.15, -0.1) is 0 Å². The molecule has 0 N–H and O–H groups in total. The molecule has 31 heavy (non-hydrogen) atoms. The van der Waals surface area contributed by atoms with Crippen LogP contribution in [-0.2, 0) is 4.74 Å². The molecule has 3 aliphatic heterocycles. The first kappa shape index (κ1) is 21.8. The number of rotatable bonds is 4. The summed E-state index contributed by atoms with van der Waals surface area (Å²) < 4.78 is 19.7. The van der Waals surface area contributed by atoms with Gasteiger partial charge in [-0.25, -0.2) is 9.18 Å². The third kappa shape index (κ3) is 4.76. The van der Waals surface area contributed by atoms with Gasteiger partial charge in [-0.3, -0.25) is 10.1 Å². The lowest BCUT2D eigenvalue weighted by atomic mass is 9.72. The second-order valence-electron chi connectivity index (χ2n) is 10.3. The quantitative estimate of drug-likeness (QED) is 0.533. The molecule has 8 nitrogen and oxygen atoms in total. The number of carbonyl (C=O) groups is 1. The number of hydrogen-bond donors (Lipinski definition) is 0. The number of likely N-dealkylation sites (tertiary alicyclic amines) is 2. The van der Waals surface area contributed by atoms with Crippen LogP contribution in [0.1, 0.15) is 33.6 Å². The Hall–Kier alpha value is -2.42. The van der Waals surface area contributed by atoms with E-state index in [-0.39, 0.29) is 17.2 Å². The molecule has 0 bridgehead atoms. The van der Waals surface area contributed by atoms with Gasteiger partial charge < -0.3 is 19.4 Å². The van der Waals surface area contributed by atoms with Gasteiger partial charge in [0.1, 0.15) is 5.60 Å². The minimum Gasteiger partial charge on any atom is -0.444 e. The normalized spacial score (nSPS) is 21.5. The molecule has 3 heterocycles. The van der Waals surface area contributed by atoms with Gasteiger partial charge in [-0.05, 0) is 45.6 Å². The van der Waals surface area contributed by atoms with Crippen molar-refractivity contribution in [3.8, 4) is 0 Å².